The smallest absolute Gasteiger partial charge is 0.148 e. The van der Waals surface area contributed by atoms with Crippen LogP contribution in [-0.2, 0) is 0 Å². The topological polar surface area (TPSA) is 6.48 Å². The van der Waals surface area contributed by atoms with E-state index >= 15 is 17.6 Å². The summed E-state index contributed by atoms with van der Waals surface area (Å²) in [7, 11) is -3.42. The fraction of sp³-hybridized carbons (Fsp3) is 0.133. The molecule has 10 aromatic rings. The number of halogens is 4. The van der Waals surface area contributed by atoms with Crippen molar-refractivity contribution >= 4 is 93.0 Å². The van der Waals surface area contributed by atoms with Crippen molar-refractivity contribution in [1.82, 2.24) is 0 Å². The fourth-order valence-corrected chi connectivity index (χ4v) is 12.1. The van der Waals surface area contributed by atoms with Crippen molar-refractivity contribution in [2.45, 2.75) is 53.1 Å². The molecule has 0 atom stereocenters. The minimum Gasteiger partial charge on any atom is -0.307 e. The van der Waals surface area contributed by atoms with Gasteiger partial charge in [-0.2, -0.15) is 0 Å². The third-order valence-corrected chi connectivity index (χ3v) is 17.6. The highest BCUT2D eigenvalue weighted by Gasteiger charge is 2.28. The van der Waals surface area contributed by atoms with E-state index in [2.05, 4.69) is 63.5 Å². The van der Waals surface area contributed by atoms with E-state index in [-0.39, 0.29) is 22.5 Å². The normalized spacial score (nSPS) is 12.1. The molecule has 0 radical (unpaired) electrons. The van der Waals surface area contributed by atoms with Crippen LogP contribution in [0.4, 0.5) is 51.7 Å². The van der Waals surface area contributed by atoms with Gasteiger partial charge in [0.25, 0.3) is 0 Å². The Bertz CT molecular complexity index is 3320. The second kappa shape index (κ2) is 16.9. The van der Waals surface area contributed by atoms with Gasteiger partial charge in [0, 0.05) is 45.4 Å². The molecule has 0 bridgehead atoms. The molecule has 0 N–H and O–H groups in total. The molecular weight excluding hydrogens is 881 g/mol. The summed E-state index contributed by atoms with van der Waals surface area (Å²) in [6.07, 6.45) is 0. The van der Waals surface area contributed by atoms with Crippen LogP contribution in [0, 0.1) is 37.1 Å². The van der Waals surface area contributed by atoms with Crippen molar-refractivity contribution in [2.75, 3.05) is 9.80 Å². The Hall–Kier alpha value is -7.01. The summed E-state index contributed by atoms with van der Waals surface area (Å²) < 4.78 is 67.2. The molecule has 0 spiro atoms. The lowest BCUT2D eigenvalue weighted by Gasteiger charge is -2.30. The van der Waals surface area contributed by atoms with Crippen LogP contribution in [0.25, 0.3) is 54.6 Å². The Morgan fingerprint density at radius 3 is 1.04 bits per heavy atom. The van der Waals surface area contributed by atoms with Crippen molar-refractivity contribution in [3.63, 3.8) is 0 Å². The second-order valence-corrected chi connectivity index (χ2v) is 30.2. The molecule has 0 unspecified atom stereocenters. The highest BCUT2D eigenvalue weighted by atomic mass is 28.3. The van der Waals surface area contributed by atoms with Gasteiger partial charge in [-0.3, -0.25) is 0 Å². The molecule has 0 aliphatic rings. The van der Waals surface area contributed by atoms with Gasteiger partial charge in [-0.15, -0.1) is 0 Å². The van der Waals surface area contributed by atoms with Crippen LogP contribution in [0.3, 0.4) is 0 Å². The Kier molecular flexibility index (Phi) is 11.2. The van der Waals surface area contributed by atoms with E-state index < -0.39 is 39.4 Å². The first kappa shape index (κ1) is 44.8. The van der Waals surface area contributed by atoms with Gasteiger partial charge in [-0.1, -0.05) is 159 Å². The minimum atomic E-state index is -1.71. The first-order valence-electron chi connectivity index (χ1n) is 23.1. The summed E-state index contributed by atoms with van der Waals surface area (Å²) in [5.74, 6) is -2.19. The Balaban J connectivity index is 1.21. The van der Waals surface area contributed by atoms with E-state index in [1.807, 2.05) is 145 Å². The maximum atomic E-state index is 17.0. The summed E-state index contributed by atoms with van der Waals surface area (Å²) in [5, 5.41) is 7.84. The molecule has 0 amide bonds. The zero-order valence-corrected chi connectivity index (χ0v) is 41.6. The lowest BCUT2D eigenvalue weighted by molar-refractivity contribution is 0.604. The fourth-order valence-electron chi connectivity index (χ4n) is 9.78. The molecular formula is C60H52F4N2Si2. The second-order valence-electron chi connectivity index (χ2n) is 20.1. The van der Waals surface area contributed by atoms with Gasteiger partial charge >= 0.3 is 0 Å². The number of rotatable bonds is 10. The average molecular weight is 933 g/mol. The number of anilines is 6. The number of hydrogen-bond donors (Lipinski definition) is 0. The molecule has 0 aliphatic carbocycles. The number of nitrogens with zero attached hydrogens (tertiary/aromatic N) is 2. The van der Waals surface area contributed by atoms with Crippen LogP contribution in [0.1, 0.15) is 11.1 Å². The first-order chi connectivity index (χ1) is 32.5. The van der Waals surface area contributed by atoms with Gasteiger partial charge in [0.1, 0.15) is 23.3 Å². The summed E-state index contributed by atoms with van der Waals surface area (Å²) in [6.45, 7) is 17.5. The van der Waals surface area contributed by atoms with Crippen molar-refractivity contribution in [1.29, 1.82) is 0 Å². The van der Waals surface area contributed by atoms with E-state index in [0.29, 0.717) is 33.9 Å². The molecule has 8 heteroatoms. The summed E-state index contributed by atoms with van der Waals surface area (Å²) in [4.78, 5) is 3.64. The van der Waals surface area contributed by atoms with E-state index in [0.717, 1.165) is 43.4 Å². The Morgan fingerprint density at radius 2 is 0.691 bits per heavy atom. The van der Waals surface area contributed by atoms with Gasteiger partial charge in [0.15, 0.2) is 0 Å². The molecule has 0 aromatic heterocycles. The van der Waals surface area contributed by atoms with E-state index in [1.54, 1.807) is 0 Å². The van der Waals surface area contributed by atoms with Crippen molar-refractivity contribution in [3.05, 3.63) is 204 Å². The van der Waals surface area contributed by atoms with Gasteiger partial charge < -0.3 is 9.80 Å². The lowest BCUT2D eigenvalue weighted by Crippen LogP contribution is -2.37. The van der Waals surface area contributed by atoms with E-state index in [1.165, 1.54) is 34.6 Å². The molecule has 0 aliphatic heterocycles. The highest BCUT2D eigenvalue weighted by molar-refractivity contribution is 6.89. The molecule has 0 saturated carbocycles. The molecule has 338 valence electrons. The van der Waals surface area contributed by atoms with Crippen molar-refractivity contribution in [3.8, 4) is 22.3 Å². The number of aryl methyl sites for hydroxylation is 2. The number of hydrogen-bond acceptors (Lipinski definition) is 2. The number of benzene rings is 10. The van der Waals surface area contributed by atoms with Gasteiger partial charge in [-0.05, 0) is 106 Å². The van der Waals surface area contributed by atoms with Crippen molar-refractivity contribution < 1.29 is 17.6 Å². The van der Waals surface area contributed by atoms with Crippen LogP contribution in [0.2, 0.25) is 39.3 Å². The van der Waals surface area contributed by atoms with Gasteiger partial charge in [-0.25, -0.2) is 17.6 Å². The quantitative estimate of drug-likeness (QED) is 0.0766. The standard InChI is InChI=1S/C60H52F4N2Si2/c1-37-13-9-11-15-45(37)49-33-53(63)57(35-51(49)61)65(41-21-25-43(26-22-41)67(3,4)5)55-31-19-39-18-30-48-56(32-20-40-17-29-47(55)59(39)60(40)48)66(42-23-27-44(28-24-42)68(6,7)8)58-36-52(62)50(34-54(58)64)46-16-12-10-14-38(46)2/h9-36H,1-8H3. The minimum absolute atomic E-state index is 0.0795. The molecule has 0 fully saturated rings. The monoisotopic (exact) mass is 932 g/mol. The maximum Gasteiger partial charge on any atom is 0.148 e. The maximum absolute atomic E-state index is 17.0. The molecule has 0 saturated heterocycles. The molecule has 10 aromatic carbocycles. The molecule has 2 nitrogen and oxygen atoms in total. The highest BCUT2D eigenvalue weighted by Crippen LogP contribution is 2.49. The van der Waals surface area contributed by atoms with Crippen LogP contribution < -0.4 is 20.2 Å². The third kappa shape index (κ3) is 7.85. The van der Waals surface area contributed by atoms with Gasteiger partial charge in [0.05, 0.1) is 38.9 Å². The van der Waals surface area contributed by atoms with E-state index in [9.17, 15) is 0 Å². The average Bonchev–Trinajstić information content (AvgIpc) is 3.31. The summed E-state index contributed by atoms with van der Waals surface area (Å²) in [6, 6.07) is 52.7. The van der Waals surface area contributed by atoms with Gasteiger partial charge in [0.2, 0.25) is 0 Å². The zero-order chi connectivity index (χ0) is 47.8. The molecule has 10 rings (SSSR count). The largest absolute Gasteiger partial charge is 0.307 e. The van der Waals surface area contributed by atoms with E-state index in [4.69, 9.17) is 0 Å². The SMILES string of the molecule is Cc1ccccc1-c1cc(F)c(N(c2ccc([Si](C)(C)C)cc2)c2ccc3ccc4c(N(c5ccc([Si](C)(C)C)cc5)c5cc(F)c(-c6ccccc6C)cc5F)ccc5ccc2c3c54)cc1F. The first-order valence-corrected chi connectivity index (χ1v) is 30.1. The van der Waals surface area contributed by atoms with Crippen LogP contribution in [0.15, 0.2) is 170 Å². The Morgan fingerprint density at radius 1 is 0.338 bits per heavy atom. The predicted molar refractivity (Wildman–Crippen MR) is 286 cm³/mol. The molecule has 0 heterocycles. The van der Waals surface area contributed by atoms with Crippen LogP contribution >= 0.6 is 0 Å². The summed E-state index contributed by atoms with van der Waals surface area (Å²) >= 11 is 0. The Labute approximate surface area is 398 Å². The van der Waals surface area contributed by atoms with Crippen LogP contribution in [-0.4, -0.2) is 16.1 Å². The third-order valence-electron chi connectivity index (χ3n) is 13.5. The van der Waals surface area contributed by atoms with Crippen molar-refractivity contribution in [2.24, 2.45) is 0 Å². The predicted octanol–water partition coefficient (Wildman–Crippen LogP) is 17.1. The lowest BCUT2D eigenvalue weighted by atomic mass is 9.91. The molecule has 68 heavy (non-hydrogen) atoms. The van der Waals surface area contributed by atoms with Crippen LogP contribution in [0.5, 0.6) is 0 Å². The zero-order valence-electron chi connectivity index (χ0n) is 39.6. The summed E-state index contributed by atoms with van der Waals surface area (Å²) in [5.41, 5.74) is 6.20.